The lowest BCUT2D eigenvalue weighted by atomic mass is 9.94. The van der Waals surface area contributed by atoms with Gasteiger partial charge in [-0.1, -0.05) is 164 Å². The van der Waals surface area contributed by atoms with E-state index < -0.39 is 0 Å². The van der Waals surface area contributed by atoms with Gasteiger partial charge in [0.25, 0.3) is 0 Å². The minimum absolute atomic E-state index is 1.15. The number of para-hydroxylation sites is 1. The van der Waals surface area contributed by atoms with Gasteiger partial charge in [0.05, 0.1) is 22.1 Å². The van der Waals surface area contributed by atoms with Gasteiger partial charge in [-0.15, -0.1) is 0 Å². The van der Waals surface area contributed by atoms with E-state index in [1.54, 1.807) is 0 Å². The van der Waals surface area contributed by atoms with E-state index in [-0.39, 0.29) is 0 Å². The Morgan fingerprint density at radius 3 is 1.60 bits per heavy atom. The fraction of sp³-hybridized carbons (Fsp3) is 0. The minimum atomic E-state index is 1.15. The van der Waals surface area contributed by atoms with E-state index in [0.29, 0.717) is 0 Å². The third-order valence-electron chi connectivity index (χ3n) is 13.6. The fourth-order valence-electron chi connectivity index (χ4n) is 10.8. The number of hydrogen-bond donors (Lipinski definition) is 0. The molecule has 0 aliphatic heterocycles. The van der Waals surface area contributed by atoms with Crippen LogP contribution in [0.15, 0.2) is 218 Å². The van der Waals surface area contributed by atoms with Crippen LogP contribution in [0.1, 0.15) is 0 Å². The number of aromatic nitrogens is 2. The predicted molar refractivity (Wildman–Crippen MR) is 263 cm³/mol. The first kappa shape index (κ1) is 33.6. The van der Waals surface area contributed by atoms with Crippen molar-refractivity contribution >= 4 is 75.9 Å². The normalized spacial score (nSPS) is 12.2. The quantitative estimate of drug-likeness (QED) is 0.168. The van der Waals surface area contributed by atoms with Crippen molar-refractivity contribution in [3.63, 3.8) is 0 Å². The molecule has 0 unspecified atom stereocenters. The maximum atomic E-state index is 2.47. The van der Waals surface area contributed by atoms with Crippen molar-refractivity contribution < 1.29 is 0 Å². The van der Waals surface area contributed by atoms with Gasteiger partial charge >= 0.3 is 0 Å². The van der Waals surface area contributed by atoms with Crippen molar-refractivity contribution in [2.75, 3.05) is 0 Å². The molecule has 0 radical (unpaired) electrons. The van der Waals surface area contributed by atoms with Crippen LogP contribution in [-0.2, 0) is 0 Å². The summed E-state index contributed by atoms with van der Waals surface area (Å²) < 4.78 is 4.89. The van der Waals surface area contributed by atoms with Crippen LogP contribution in [0, 0.1) is 0 Å². The maximum Gasteiger partial charge on any atom is 0.0619 e. The van der Waals surface area contributed by atoms with Crippen molar-refractivity contribution in [2.45, 2.75) is 0 Å². The lowest BCUT2D eigenvalue weighted by Gasteiger charge is -2.12. The first-order valence-corrected chi connectivity index (χ1v) is 21.5. The topological polar surface area (TPSA) is 9.86 Å². The molecule has 2 nitrogen and oxygen atoms in total. The first-order valence-electron chi connectivity index (χ1n) is 21.5. The van der Waals surface area contributed by atoms with Crippen LogP contribution in [0.2, 0.25) is 0 Å². The van der Waals surface area contributed by atoms with Crippen molar-refractivity contribution in [3.05, 3.63) is 218 Å². The highest BCUT2D eigenvalue weighted by atomic mass is 15.0. The van der Waals surface area contributed by atoms with Gasteiger partial charge < -0.3 is 9.13 Å². The number of nitrogens with zero attached hydrogens (tertiary/aromatic N) is 2. The number of benzene rings is 11. The molecule has 0 saturated heterocycles. The molecule has 1 aliphatic carbocycles. The van der Waals surface area contributed by atoms with Crippen LogP contribution in [0.3, 0.4) is 0 Å². The van der Waals surface area contributed by atoms with Gasteiger partial charge in [0.1, 0.15) is 0 Å². The SMILES string of the molecule is c1ccc2c(c1)-c1cccc3c(-c4ccc(-n5c6ccccc6c6cc(-c7ccc8c(c7)c7ccc9ccccc9c7n8-c7ccc8ccccc8c7)ccc65)cc4)ccc-2c13. The van der Waals surface area contributed by atoms with Crippen LogP contribution >= 0.6 is 0 Å². The third-order valence-corrected chi connectivity index (χ3v) is 13.6. The molecular weight excluding hydrogens is 749 g/mol. The smallest absolute Gasteiger partial charge is 0.0619 e. The Kier molecular flexibility index (Phi) is 6.86. The van der Waals surface area contributed by atoms with Gasteiger partial charge in [0.15, 0.2) is 0 Å². The van der Waals surface area contributed by atoms with Gasteiger partial charge in [0.2, 0.25) is 0 Å². The summed E-state index contributed by atoms with van der Waals surface area (Å²) in [6.07, 6.45) is 0. The molecule has 286 valence electrons. The molecular formula is C60H36N2. The molecule has 0 spiro atoms. The maximum absolute atomic E-state index is 2.47. The highest BCUT2D eigenvalue weighted by Gasteiger charge is 2.23. The standard InChI is InChI=1S/C60H36N2/c1-2-12-40-34-44(28-20-37(40)10-1)62-58-33-25-42(36-55(58)53-29-23-38-11-3-4-13-46(38)60(53)62)41-24-32-57-54(35-41)49-16-7-8-19-56(49)61(57)43-26-21-39(22-27-43)45-30-31-52-48-15-6-5-14-47(48)51-18-9-17-50(45)59(51)52/h1-36H. The van der Waals surface area contributed by atoms with Crippen molar-refractivity contribution in [1.82, 2.24) is 9.13 Å². The minimum Gasteiger partial charge on any atom is -0.309 e. The van der Waals surface area contributed by atoms with E-state index in [1.807, 2.05) is 0 Å². The second-order valence-corrected chi connectivity index (χ2v) is 16.8. The molecule has 0 amide bonds. The van der Waals surface area contributed by atoms with Gasteiger partial charge in [-0.05, 0) is 126 Å². The molecule has 0 atom stereocenters. The van der Waals surface area contributed by atoms with Crippen LogP contribution < -0.4 is 0 Å². The summed E-state index contributed by atoms with van der Waals surface area (Å²) >= 11 is 0. The van der Waals surface area contributed by atoms with Crippen LogP contribution in [0.25, 0.3) is 132 Å². The van der Waals surface area contributed by atoms with Crippen molar-refractivity contribution in [2.24, 2.45) is 0 Å². The zero-order valence-corrected chi connectivity index (χ0v) is 33.7. The lowest BCUT2D eigenvalue weighted by molar-refractivity contribution is 1.18. The van der Waals surface area contributed by atoms with Gasteiger partial charge in [0, 0.05) is 38.3 Å². The van der Waals surface area contributed by atoms with E-state index in [2.05, 4.69) is 228 Å². The highest BCUT2D eigenvalue weighted by Crippen LogP contribution is 2.49. The monoisotopic (exact) mass is 784 g/mol. The largest absolute Gasteiger partial charge is 0.309 e. The Morgan fingerprint density at radius 1 is 0.242 bits per heavy atom. The number of rotatable bonds is 4. The van der Waals surface area contributed by atoms with Crippen molar-refractivity contribution in [1.29, 1.82) is 0 Å². The third kappa shape index (κ3) is 4.69. The van der Waals surface area contributed by atoms with E-state index >= 15 is 0 Å². The molecule has 1 aliphatic rings. The Hall–Kier alpha value is -8.20. The van der Waals surface area contributed by atoms with Crippen LogP contribution in [-0.4, -0.2) is 9.13 Å². The average Bonchev–Trinajstić information content (AvgIpc) is 3.98. The van der Waals surface area contributed by atoms with Gasteiger partial charge in [-0.3, -0.25) is 0 Å². The summed E-state index contributed by atoms with van der Waals surface area (Å²) in [5, 5.41) is 12.7. The highest BCUT2D eigenvalue weighted by molar-refractivity contribution is 6.20. The zero-order valence-electron chi connectivity index (χ0n) is 33.7. The van der Waals surface area contributed by atoms with Crippen LogP contribution in [0.4, 0.5) is 0 Å². The summed E-state index contributed by atoms with van der Waals surface area (Å²) in [6, 6.07) is 81.0. The summed E-state index contributed by atoms with van der Waals surface area (Å²) in [6.45, 7) is 0. The summed E-state index contributed by atoms with van der Waals surface area (Å²) in [7, 11) is 0. The van der Waals surface area contributed by atoms with Gasteiger partial charge in [-0.2, -0.15) is 0 Å². The zero-order chi connectivity index (χ0) is 40.5. The van der Waals surface area contributed by atoms with Crippen molar-refractivity contribution in [3.8, 4) is 55.9 Å². The van der Waals surface area contributed by atoms with E-state index in [9.17, 15) is 0 Å². The second kappa shape index (κ2) is 12.7. The fourth-order valence-corrected chi connectivity index (χ4v) is 10.8. The Bertz CT molecular complexity index is 4000. The molecule has 0 fully saturated rings. The number of hydrogen-bond acceptors (Lipinski definition) is 0. The molecule has 62 heavy (non-hydrogen) atoms. The predicted octanol–water partition coefficient (Wildman–Crippen LogP) is 16.3. The van der Waals surface area contributed by atoms with E-state index in [0.717, 1.165) is 5.69 Å². The molecule has 0 N–H and O–H groups in total. The molecule has 0 saturated carbocycles. The molecule has 2 aromatic heterocycles. The number of fused-ring (bicyclic) bond motifs is 12. The average molecular weight is 785 g/mol. The second-order valence-electron chi connectivity index (χ2n) is 16.8. The first-order chi connectivity index (χ1) is 30.7. The van der Waals surface area contributed by atoms with E-state index in [1.165, 1.54) is 126 Å². The summed E-state index contributed by atoms with van der Waals surface area (Å²) in [5.74, 6) is 0. The molecule has 11 aromatic carbocycles. The van der Waals surface area contributed by atoms with Gasteiger partial charge in [-0.25, -0.2) is 0 Å². The molecule has 14 rings (SSSR count). The Morgan fingerprint density at radius 2 is 0.790 bits per heavy atom. The van der Waals surface area contributed by atoms with Crippen LogP contribution in [0.5, 0.6) is 0 Å². The Labute approximate surface area is 357 Å². The lowest BCUT2D eigenvalue weighted by Crippen LogP contribution is -1.95. The van der Waals surface area contributed by atoms with E-state index in [4.69, 9.17) is 0 Å². The molecule has 0 bridgehead atoms. The molecule has 2 heterocycles. The summed E-state index contributed by atoms with van der Waals surface area (Å²) in [4.78, 5) is 0. The summed E-state index contributed by atoms with van der Waals surface area (Å²) in [5.41, 5.74) is 17.4. The molecule has 2 heteroatoms. The Balaban J connectivity index is 0.898. The molecule has 13 aromatic rings.